The van der Waals surface area contributed by atoms with Crippen molar-refractivity contribution in [1.29, 1.82) is 0 Å². The maximum Gasteiger partial charge on any atom is 0.342 e. The third-order valence-corrected chi connectivity index (χ3v) is 3.61. The zero-order chi connectivity index (χ0) is 16.2. The lowest BCUT2D eigenvalue weighted by molar-refractivity contribution is 0.0469. The van der Waals surface area contributed by atoms with Crippen molar-refractivity contribution in [2.24, 2.45) is 0 Å². The highest BCUT2D eigenvalue weighted by atomic mass is 16.5. The van der Waals surface area contributed by atoms with E-state index in [1.165, 1.54) is 6.07 Å². The lowest BCUT2D eigenvalue weighted by Crippen LogP contribution is -2.07. The van der Waals surface area contributed by atoms with Gasteiger partial charge in [0.2, 0.25) is 0 Å². The smallest absolute Gasteiger partial charge is 0.342 e. The Bertz CT molecular complexity index is 869. The van der Waals surface area contributed by atoms with Crippen molar-refractivity contribution in [3.05, 3.63) is 77.4 Å². The molecule has 0 spiro atoms. The van der Waals surface area contributed by atoms with Crippen LogP contribution in [0.2, 0.25) is 0 Å². The number of fused-ring (bicyclic) bond motifs is 1. The minimum absolute atomic E-state index is 0.0123. The number of aldehydes is 1. The van der Waals surface area contributed by atoms with Gasteiger partial charge in [0, 0.05) is 0 Å². The van der Waals surface area contributed by atoms with E-state index in [1.807, 2.05) is 30.3 Å². The van der Waals surface area contributed by atoms with Crippen LogP contribution < -0.4 is 0 Å². The maximum atomic E-state index is 12.3. The summed E-state index contributed by atoms with van der Waals surface area (Å²) in [5.41, 5.74) is 0.924. The Balaban J connectivity index is 1.94. The minimum Gasteiger partial charge on any atom is -0.506 e. The van der Waals surface area contributed by atoms with E-state index in [0.29, 0.717) is 17.1 Å². The predicted molar refractivity (Wildman–Crippen MR) is 86.6 cm³/mol. The lowest BCUT2D eigenvalue weighted by atomic mass is 10.00. The molecule has 0 aliphatic rings. The van der Waals surface area contributed by atoms with Gasteiger partial charge in [-0.1, -0.05) is 54.6 Å². The molecule has 23 heavy (non-hydrogen) atoms. The number of hydrogen-bond donors (Lipinski definition) is 1. The molecule has 0 aliphatic heterocycles. The summed E-state index contributed by atoms with van der Waals surface area (Å²) in [5.74, 6) is -1.02. The van der Waals surface area contributed by atoms with Gasteiger partial charge in [0.05, 0.1) is 5.56 Å². The van der Waals surface area contributed by atoms with Crippen LogP contribution in [0.5, 0.6) is 5.75 Å². The second-order valence-electron chi connectivity index (χ2n) is 5.09. The van der Waals surface area contributed by atoms with Gasteiger partial charge < -0.3 is 9.84 Å². The van der Waals surface area contributed by atoms with Gasteiger partial charge in [-0.3, -0.25) is 4.79 Å². The van der Waals surface area contributed by atoms with E-state index >= 15 is 0 Å². The summed E-state index contributed by atoms with van der Waals surface area (Å²) < 4.78 is 5.23. The number of esters is 1. The number of aromatic hydroxyl groups is 1. The van der Waals surface area contributed by atoms with Crippen molar-refractivity contribution in [1.82, 2.24) is 0 Å². The summed E-state index contributed by atoms with van der Waals surface area (Å²) in [6, 6.07) is 17.8. The van der Waals surface area contributed by atoms with Gasteiger partial charge in [0.1, 0.15) is 17.9 Å². The molecule has 1 N–H and O–H groups in total. The first-order valence-corrected chi connectivity index (χ1v) is 7.11. The van der Waals surface area contributed by atoms with Crippen molar-refractivity contribution < 1.29 is 19.4 Å². The van der Waals surface area contributed by atoms with Crippen LogP contribution in [-0.2, 0) is 11.3 Å². The molecule has 3 rings (SSSR count). The Morgan fingerprint density at radius 3 is 2.48 bits per heavy atom. The Morgan fingerprint density at radius 2 is 1.74 bits per heavy atom. The lowest BCUT2D eigenvalue weighted by Gasteiger charge is -2.10. The zero-order valence-corrected chi connectivity index (χ0v) is 12.2. The fraction of sp³-hybridized carbons (Fsp3) is 0.0526. The molecule has 3 aromatic rings. The third-order valence-electron chi connectivity index (χ3n) is 3.61. The Morgan fingerprint density at radius 1 is 1.04 bits per heavy atom. The number of hydrogen-bond acceptors (Lipinski definition) is 4. The normalized spacial score (nSPS) is 10.4. The Labute approximate surface area is 132 Å². The molecule has 4 heteroatoms. The number of rotatable bonds is 4. The molecular weight excluding hydrogens is 292 g/mol. The fourth-order valence-corrected chi connectivity index (χ4v) is 2.44. The highest BCUT2D eigenvalue weighted by Crippen LogP contribution is 2.30. The van der Waals surface area contributed by atoms with Crippen LogP contribution in [-0.4, -0.2) is 17.4 Å². The molecule has 0 aromatic heterocycles. The molecule has 0 heterocycles. The molecule has 114 valence electrons. The van der Waals surface area contributed by atoms with Crippen LogP contribution in [0.15, 0.2) is 60.7 Å². The monoisotopic (exact) mass is 306 g/mol. The number of phenols is 1. The van der Waals surface area contributed by atoms with Crippen LogP contribution in [0.3, 0.4) is 0 Å². The standard InChI is InChI=1S/C19H14O4/c20-11-17-15-9-5-4-8-14(15)10-16(18(17)21)19(22)23-12-13-6-2-1-3-7-13/h1-11,21H,12H2. The molecule has 3 aromatic carbocycles. The summed E-state index contributed by atoms with van der Waals surface area (Å²) in [5, 5.41) is 11.5. The van der Waals surface area contributed by atoms with E-state index in [9.17, 15) is 14.7 Å². The van der Waals surface area contributed by atoms with Gasteiger partial charge in [-0.25, -0.2) is 4.79 Å². The van der Waals surface area contributed by atoms with Crippen LogP contribution in [0.25, 0.3) is 10.8 Å². The molecule has 0 atom stereocenters. The molecule has 0 saturated heterocycles. The van der Waals surface area contributed by atoms with Gasteiger partial charge >= 0.3 is 5.97 Å². The predicted octanol–water partition coefficient (Wildman–Crippen LogP) is 3.71. The van der Waals surface area contributed by atoms with E-state index < -0.39 is 5.97 Å². The second kappa shape index (κ2) is 6.32. The Kier molecular flexibility index (Phi) is 4.06. The first-order valence-electron chi connectivity index (χ1n) is 7.11. The Hall–Kier alpha value is -3.14. The molecule has 4 nitrogen and oxygen atoms in total. The quantitative estimate of drug-likeness (QED) is 0.589. The van der Waals surface area contributed by atoms with Gasteiger partial charge in [-0.15, -0.1) is 0 Å². The van der Waals surface area contributed by atoms with E-state index in [1.54, 1.807) is 24.3 Å². The molecule has 0 amide bonds. The van der Waals surface area contributed by atoms with E-state index in [0.717, 1.165) is 5.56 Å². The van der Waals surface area contributed by atoms with E-state index in [2.05, 4.69) is 0 Å². The van der Waals surface area contributed by atoms with Gasteiger partial charge in [0.25, 0.3) is 0 Å². The van der Waals surface area contributed by atoms with Crippen molar-refractivity contribution in [3.8, 4) is 5.75 Å². The highest BCUT2D eigenvalue weighted by molar-refractivity contribution is 6.07. The molecule has 0 bridgehead atoms. The summed E-state index contributed by atoms with van der Waals surface area (Å²) in [6.07, 6.45) is 0.547. The minimum atomic E-state index is -0.666. The third kappa shape index (κ3) is 2.92. The van der Waals surface area contributed by atoms with Gasteiger partial charge in [-0.05, 0) is 22.4 Å². The molecule has 0 unspecified atom stereocenters. The molecule has 0 fully saturated rings. The summed E-state index contributed by atoms with van der Waals surface area (Å²) in [4.78, 5) is 23.5. The molecular formula is C19H14O4. The molecule has 0 saturated carbocycles. The average molecular weight is 306 g/mol. The summed E-state index contributed by atoms with van der Waals surface area (Å²) in [7, 11) is 0. The van der Waals surface area contributed by atoms with Crippen molar-refractivity contribution >= 4 is 23.0 Å². The molecule has 0 radical (unpaired) electrons. The van der Waals surface area contributed by atoms with Crippen molar-refractivity contribution in [2.75, 3.05) is 0 Å². The number of benzene rings is 3. The number of ether oxygens (including phenoxy) is 1. The first kappa shape index (κ1) is 14.8. The van der Waals surface area contributed by atoms with Gasteiger partial charge in [-0.2, -0.15) is 0 Å². The maximum absolute atomic E-state index is 12.3. The van der Waals surface area contributed by atoms with Gasteiger partial charge in [0.15, 0.2) is 6.29 Å². The summed E-state index contributed by atoms with van der Waals surface area (Å²) >= 11 is 0. The highest BCUT2D eigenvalue weighted by Gasteiger charge is 2.18. The van der Waals surface area contributed by atoms with Crippen molar-refractivity contribution in [2.45, 2.75) is 6.61 Å². The summed E-state index contributed by atoms with van der Waals surface area (Å²) in [6.45, 7) is 0.0996. The number of phenolic OH excluding ortho intramolecular Hbond substituents is 1. The topological polar surface area (TPSA) is 63.6 Å². The van der Waals surface area contributed by atoms with Crippen LogP contribution >= 0.6 is 0 Å². The van der Waals surface area contributed by atoms with E-state index in [4.69, 9.17) is 4.74 Å². The SMILES string of the molecule is O=Cc1c(O)c(C(=O)OCc2ccccc2)cc2ccccc12. The largest absolute Gasteiger partial charge is 0.506 e. The first-order chi connectivity index (χ1) is 11.2. The van der Waals surface area contributed by atoms with Crippen molar-refractivity contribution in [3.63, 3.8) is 0 Å². The van der Waals surface area contributed by atoms with Crippen LogP contribution in [0.4, 0.5) is 0 Å². The fourth-order valence-electron chi connectivity index (χ4n) is 2.44. The molecule has 0 aliphatic carbocycles. The van der Waals surface area contributed by atoms with E-state index in [-0.39, 0.29) is 23.5 Å². The average Bonchev–Trinajstić information content (AvgIpc) is 2.60. The van der Waals surface area contributed by atoms with Crippen LogP contribution in [0, 0.1) is 0 Å². The van der Waals surface area contributed by atoms with Crippen LogP contribution in [0.1, 0.15) is 26.3 Å². The number of carbonyl (C=O) groups is 2. The second-order valence-corrected chi connectivity index (χ2v) is 5.09. The number of carbonyl (C=O) groups excluding carboxylic acids is 2. The zero-order valence-electron chi connectivity index (χ0n) is 12.2.